The highest BCUT2D eigenvalue weighted by atomic mass is 16.3. The summed E-state index contributed by atoms with van der Waals surface area (Å²) in [5, 5.41) is 20.2. The summed E-state index contributed by atoms with van der Waals surface area (Å²) in [4.78, 5) is 0. The molecule has 2 N–H and O–H groups in total. The van der Waals surface area contributed by atoms with Crippen molar-refractivity contribution in [3.8, 4) is 0 Å². The molecule has 0 saturated heterocycles. The molecule has 15 heavy (non-hydrogen) atoms. The number of hydrogen-bond acceptors (Lipinski definition) is 2. The van der Waals surface area contributed by atoms with Gasteiger partial charge in [-0.05, 0) is 37.5 Å². The van der Waals surface area contributed by atoms with Gasteiger partial charge in [0.1, 0.15) is 0 Å². The second-order valence-corrected chi connectivity index (χ2v) is 5.41. The molecule has 0 radical (unpaired) electrons. The van der Waals surface area contributed by atoms with Gasteiger partial charge >= 0.3 is 0 Å². The lowest BCUT2D eigenvalue weighted by Crippen LogP contribution is -2.46. The topological polar surface area (TPSA) is 40.5 Å². The summed E-state index contributed by atoms with van der Waals surface area (Å²) < 4.78 is 0. The molecule has 1 fully saturated rings. The van der Waals surface area contributed by atoms with E-state index >= 15 is 0 Å². The second-order valence-electron chi connectivity index (χ2n) is 5.41. The van der Waals surface area contributed by atoms with Crippen LogP contribution in [0.3, 0.4) is 0 Å². The van der Waals surface area contributed by atoms with Gasteiger partial charge in [0.25, 0.3) is 0 Å². The Balaban J connectivity index is 2.10. The van der Waals surface area contributed by atoms with Crippen molar-refractivity contribution in [3.63, 3.8) is 0 Å². The third-order valence-electron chi connectivity index (χ3n) is 4.90. The van der Waals surface area contributed by atoms with E-state index in [0.717, 1.165) is 32.1 Å². The highest BCUT2D eigenvalue weighted by Gasteiger charge is 2.62. The summed E-state index contributed by atoms with van der Waals surface area (Å²) in [6.45, 7) is 0. The maximum Gasteiger partial charge on any atom is 0.0866 e. The van der Waals surface area contributed by atoms with Crippen molar-refractivity contribution in [1.82, 2.24) is 0 Å². The van der Waals surface area contributed by atoms with Crippen LogP contribution in [0.4, 0.5) is 0 Å². The Hall–Kier alpha value is -0.600. The van der Waals surface area contributed by atoms with Crippen LogP contribution in [-0.2, 0) is 0 Å². The summed E-state index contributed by atoms with van der Waals surface area (Å²) in [7, 11) is 0. The molecule has 0 heterocycles. The van der Waals surface area contributed by atoms with Crippen LogP contribution < -0.4 is 0 Å². The fourth-order valence-electron chi connectivity index (χ4n) is 4.02. The Bertz CT molecular complexity index is 311. The monoisotopic (exact) mass is 206 g/mol. The fourth-order valence-corrected chi connectivity index (χ4v) is 4.02. The van der Waals surface area contributed by atoms with E-state index in [9.17, 15) is 10.2 Å². The molecule has 1 saturated carbocycles. The van der Waals surface area contributed by atoms with Crippen LogP contribution in [-0.4, -0.2) is 22.4 Å². The fraction of sp³-hybridized carbons (Fsp3) is 0.692. The van der Waals surface area contributed by atoms with Gasteiger partial charge in [-0.3, -0.25) is 0 Å². The zero-order valence-corrected chi connectivity index (χ0v) is 8.89. The third-order valence-corrected chi connectivity index (χ3v) is 4.90. The number of hydrogen-bond donors (Lipinski definition) is 2. The molecule has 3 rings (SSSR count). The van der Waals surface area contributed by atoms with E-state index in [1.54, 1.807) is 0 Å². The van der Waals surface area contributed by atoms with E-state index in [-0.39, 0.29) is 10.8 Å². The number of aliphatic hydroxyl groups excluding tert-OH is 2. The van der Waals surface area contributed by atoms with E-state index in [0.29, 0.717) is 0 Å². The molecule has 3 aliphatic carbocycles. The third kappa shape index (κ3) is 1.02. The Morgan fingerprint density at radius 1 is 0.867 bits per heavy atom. The molecule has 0 amide bonds. The van der Waals surface area contributed by atoms with Crippen LogP contribution in [0.1, 0.15) is 32.1 Å². The van der Waals surface area contributed by atoms with E-state index in [2.05, 4.69) is 24.3 Å². The molecule has 2 nitrogen and oxygen atoms in total. The Morgan fingerprint density at radius 3 is 1.93 bits per heavy atom. The molecule has 0 aromatic carbocycles. The van der Waals surface area contributed by atoms with Crippen molar-refractivity contribution in [2.45, 2.75) is 44.3 Å². The average Bonchev–Trinajstić information content (AvgIpc) is 2.49. The summed E-state index contributed by atoms with van der Waals surface area (Å²) in [5.41, 5.74) is 0.0608. The van der Waals surface area contributed by atoms with Crippen LogP contribution in [0.5, 0.6) is 0 Å². The van der Waals surface area contributed by atoms with Crippen molar-refractivity contribution in [2.24, 2.45) is 10.8 Å². The first kappa shape index (κ1) is 9.61. The molecule has 0 aromatic heterocycles. The van der Waals surface area contributed by atoms with Crippen LogP contribution >= 0.6 is 0 Å². The molecule has 2 heteroatoms. The molecular formula is C13H18O2. The zero-order valence-electron chi connectivity index (χ0n) is 8.89. The molecular weight excluding hydrogens is 188 g/mol. The number of rotatable bonds is 0. The van der Waals surface area contributed by atoms with E-state index in [1.165, 1.54) is 0 Å². The van der Waals surface area contributed by atoms with Crippen molar-refractivity contribution in [3.05, 3.63) is 24.3 Å². The molecule has 2 atom stereocenters. The Labute approximate surface area is 90.3 Å². The maximum atomic E-state index is 10.3. The van der Waals surface area contributed by atoms with Gasteiger partial charge in [-0.15, -0.1) is 0 Å². The van der Waals surface area contributed by atoms with Gasteiger partial charge in [0, 0.05) is 5.41 Å². The van der Waals surface area contributed by atoms with E-state index in [1.807, 2.05) is 0 Å². The van der Waals surface area contributed by atoms with Crippen LogP contribution in [0.2, 0.25) is 0 Å². The standard InChI is InChI=1S/C13H18O2/c14-10-9-12-5-1-3-7-13(12,11(10)15)8-4-2-6-12/h1-4,10-11,14-15H,5-9H2. The summed E-state index contributed by atoms with van der Waals surface area (Å²) in [6, 6.07) is 0. The minimum absolute atomic E-state index is 0.0735. The molecule has 2 unspecified atom stereocenters. The molecule has 0 spiro atoms. The predicted molar refractivity (Wildman–Crippen MR) is 58.2 cm³/mol. The van der Waals surface area contributed by atoms with E-state index < -0.39 is 12.2 Å². The number of allylic oxidation sites excluding steroid dienone is 4. The summed E-state index contributed by atoms with van der Waals surface area (Å²) >= 11 is 0. The molecule has 0 bridgehead atoms. The SMILES string of the molecule is OC1CC23CC=CCC2(CC=CC3)C1O. The smallest absolute Gasteiger partial charge is 0.0866 e. The zero-order chi connectivity index (χ0) is 10.5. The maximum absolute atomic E-state index is 10.3. The van der Waals surface area contributed by atoms with Crippen molar-refractivity contribution in [1.29, 1.82) is 0 Å². The Morgan fingerprint density at radius 2 is 1.40 bits per heavy atom. The highest BCUT2D eigenvalue weighted by molar-refractivity contribution is 5.23. The molecule has 3 aliphatic rings. The van der Waals surface area contributed by atoms with Crippen LogP contribution in [0, 0.1) is 10.8 Å². The van der Waals surface area contributed by atoms with Crippen LogP contribution in [0.25, 0.3) is 0 Å². The van der Waals surface area contributed by atoms with Gasteiger partial charge in [0.2, 0.25) is 0 Å². The molecule has 0 aromatic rings. The van der Waals surface area contributed by atoms with Gasteiger partial charge in [-0.1, -0.05) is 24.3 Å². The highest BCUT2D eigenvalue weighted by Crippen LogP contribution is 2.64. The first-order valence-corrected chi connectivity index (χ1v) is 5.86. The molecule has 82 valence electrons. The quantitative estimate of drug-likeness (QED) is 0.593. The predicted octanol–water partition coefficient (Wildman–Crippen LogP) is 1.78. The van der Waals surface area contributed by atoms with Crippen LogP contribution in [0.15, 0.2) is 24.3 Å². The average molecular weight is 206 g/mol. The van der Waals surface area contributed by atoms with Gasteiger partial charge in [0.05, 0.1) is 12.2 Å². The van der Waals surface area contributed by atoms with Crippen molar-refractivity contribution in [2.75, 3.05) is 0 Å². The lowest BCUT2D eigenvalue weighted by atomic mass is 9.54. The van der Waals surface area contributed by atoms with Crippen molar-refractivity contribution >= 4 is 0 Å². The minimum atomic E-state index is -0.535. The normalized spacial score (nSPS) is 52.7. The first-order valence-electron chi connectivity index (χ1n) is 5.86. The van der Waals surface area contributed by atoms with Gasteiger partial charge in [-0.25, -0.2) is 0 Å². The number of aliphatic hydroxyl groups is 2. The summed E-state index contributed by atoms with van der Waals surface area (Å²) in [5.74, 6) is 0. The largest absolute Gasteiger partial charge is 0.390 e. The summed E-state index contributed by atoms with van der Waals surface area (Å²) in [6.07, 6.45) is 12.4. The van der Waals surface area contributed by atoms with E-state index in [4.69, 9.17) is 0 Å². The Kier molecular flexibility index (Phi) is 1.89. The molecule has 0 aliphatic heterocycles. The van der Waals surface area contributed by atoms with Crippen molar-refractivity contribution < 1.29 is 10.2 Å². The second kappa shape index (κ2) is 2.96. The first-order chi connectivity index (χ1) is 7.20. The van der Waals surface area contributed by atoms with Gasteiger partial charge < -0.3 is 10.2 Å². The van der Waals surface area contributed by atoms with Gasteiger partial charge in [-0.2, -0.15) is 0 Å². The minimum Gasteiger partial charge on any atom is -0.390 e. The van der Waals surface area contributed by atoms with Gasteiger partial charge in [0.15, 0.2) is 0 Å². The lowest BCUT2D eigenvalue weighted by molar-refractivity contribution is -0.0560. The lowest BCUT2D eigenvalue weighted by Gasteiger charge is -2.50.